The maximum Gasteiger partial charge on any atom is 0.149 e. The monoisotopic (exact) mass is 834 g/mol. The molecule has 0 unspecified atom stereocenters. The third-order valence-corrected chi connectivity index (χ3v) is 11.2. The summed E-state index contributed by atoms with van der Waals surface area (Å²) in [6, 6.07) is 40.9. The van der Waals surface area contributed by atoms with Crippen LogP contribution in [0.15, 0.2) is 146 Å². The first-order valence-electron chi connectivity index (χ1n) is 29.6. The van der Waals surface area contributed by atoms with Crippen molar-refractivity contribution in [2.75, 3.05) is 0 Å². The summed E-state index contributed by atoms with van der Waals surface area (Å²) < 4.78 is 159. The molecular weight excluding hydrogens is 755 g/mol. The topological polar surface area (TPSA) is 50.9 Å². The Bertz CT molecular complexity index is 3510. The van der Waals surface area contributed by atoms with Gasteiger partial charge in [-0.3, -0.25) is 9.55 Å². The Morgan fingerprint density at radius 1 is 0.581 bits per heavy atom. The van der Waals surface area contributed by atoms with Crippen molar-refractivity contribution in [1.82, 2.24) is 14.5 Å². The lowest BCUT2D eigenvalue weighted by atomic mass is 9.79. The van der Waals surface area contributed by atoms with Gasteiger partial charge in [0.05, 0.1) is 22.3 Å². The fourth-order valence-electron chi connectivity index (χ4n) is 8.07. The molecule has 0 aliphatic carbocycles. The van der Waals surface area contributed by atoms with Gasteiger partial charge in [0, 0.05) is 53.2 Å². The summed E-state index contributed by atoms with van der Waals surface area (Å²) in [6.45, 7) is -14.2. The summed E-state index contributed by atoms with van der Waals surface area (Å²) in [7, 11) is 0. The van der Waals surface area contributed by atoms with E-state index in [4.69, 9.17) is 34.6 Å². The van der Waals surface area contributed by atoms with Crippen LogP contribution in [0.25, 0.3) is 72.7 Å². The van der Waals surface area contributed by atoms with Gasteiger partial charge < -0.3 is 5.11 Å². The van der Waals surface area contributed by atoms with Crippen LogP contribution in [0.5, 0.6) is 5.75 Å². The number of aromatic hydroxyl groups is 1. The smallest absolute Gasteiger partial charge is 0.149 e. The van der Waals surface area contributed by atoms with E-state index in [1.54, 1.807) is 30.5 Å². The molecule has 2 heterocycles. The van der Waals surface area contributed by atoms with E-state index in [-0.39, 0.29) is 17.3 Å². The molecule has 0 spiro atoms. The van der Waals surface area contributed by atoms with E-state index in [9.17, 15) is 5.11 Å². The van der Waals surface area contributed by atoms with Gasteiger partial charge in [0.2, 0.25) is 0 Å². The molecule has 2 aromatic heterocycles. The van der Waals surface area contributed by atoms with Gasteiger partial charge in [-0.1, -0.05) is 167 Å². The van der Waals surface area contributed by atoms with Crippen molar-refractivity contribution in [2.45, 2.75) is 98.4 Å². The Balaban J connectivity index is 1.59. The molecular formula is C58H61N3O. The molecule has 0 amide bonds. The summed E-state index contributed by atoms with van der Waals surface area (Å²) in [6.07, 6.45) is 2.24. The molecule has 0 saturated heterocycles. The van der Waals surface area contributed by atoms with E-state index >= 15 is 0 Å². The predicted molar refractivity (Wildman–Crippen MR) is 262 cm³/mol. The van der Waals surface area contributed by atoms with Crippen molar-refractivity contribution in [2.24, 2.45) is 5.92 Å². The first kappa shape index (κ1) is 25.6. The van der Waals surface area contributed by atoms with Crippen molar-refractivity contribution in [3.63, 3.8) is 0 Å². The molecule has 4 heteroatoms. The van der Waals surface area contributed by atoms with E-state index < -0.39 is 79.8 Å². The predicted octanol–water partition coefficient (Wildman–Crippen LogP) is 15.6. The van der Waals surface area contributed by atoms with Gasteiger partial charge in [-0.15, -0.1) is 0 Å². The van der Waals surface area contributed by atoms with Gasteiger partial charge in [-0.2, -0.15) is 0 Å². The lowest BCUT2D eigenvalue weighted by Crippen LogP contribution is -2.17. The standard InChI is InChI=1S/C58H61N3O/c1-37(2)29-41-33-46(25-26-47(41)39-21-16-13-17-22-39)61-52-24-18-23-48(53(52)60-55(61)49-35-45(57(6,7)8)36-50(54(49)62)58(9,10)11)42-30-43(32-44(31-42)56(3,4)5)51-34-40(27-28-59-51)38-19-14-12-15-20-38/h12-28,30-37,62H,29H2,1-11H3/i6D3,7D3,8D3,9D3,10D3,11D3. The third kappa shape index (κ3) is 8.48. The lowest BCUT2D eigenvalue weighted by Gasteiger charge is -2.27. The molecule has 314 valence electrons. The van der Waals surface area contributed by atoms with E-state index in [1.165, 1.54) is 4.57 Å². The number of phenolic OH excluding ortho intramolecular Hbond substituents is 1. The zero-order chi connectivity index (χ0) is 59.1. The van der Waals surface area contributed by atoms with Crippen LogP contribution in [0.2, 0.25) is 0 Å². The van der Waals surface area contributed by atoms with Crippen molar-refractivity contribution >= 4 is 11.0 Å². The second-order valence-corrected chi connectivity index (χ2v) is 17.5. The quantitative estimate of drug-likeness (QED) is 0.166. The van der Waals surface area contributed by atoms with Gasteiger partial charge >= 0.3 is 0 Å². The summed E-state index contributed by atoms with van der Waals surface area (Å²) in [5.74, 6) is -1.63. The van der Waals surface area contributed by atoms with Crippen molar-refractivity contribution in [3.05, 3.63) is 168 Å². The lowest BCUT2D eigenvalue weighted by molar-refractivity contribution is 0.446. The Kier molecular flexibility index (Phi) is 6.70. The van der Waals surface area contributed by atoms with Crippen LogP contribution in [-0.2, 0) is 22.7 Å². The molecule has 8 rings (SSSR count). The molecule has 0 fully saturated rings. The minimum Gasteiger partial charge on any atom is -0.507 e. The number of rotatable bonds is 8. The second kappa shape index (κ2) is 16.2. The van der Waals surface area contributed by atoms with Crippen molar-refractivity contribution in [1.29, 1.82) is 0 Å². The summed E-state index contributed by atoms with van der Waals surface area (Å²) in [5.41, 5.74) is -3.29. The van der Waals surface area contributed by atoms with Crippen LogP contribution in [0, 0.1) is 5.92 Å². The van der Waals surface area contributed by atoms with E-state index in [0.29, 0.717) is 40.5 Å². The molecule has 4 nitrogen and oxygen atoms in total. The highest BCUT2D eigenvalue weighted by Gasteiger charge is 2.29. The average molecular weight is 834 g/mol. The number of hydrogen-bond acceptors (Lipinski definition) is 3. The molecule has 0 bridgehead atoms. The minimum atomic E-state index is -4.12. The highest BCUT2D eigenvalue weighted by Crippen LogP contribution is 2.45. The highest BCUT2D eigenvalue weighted by atomic mass is 16.3. The maximum absolute atomic E-state index is 13.0. The maximum atomic E-state index is 13.0. The molecule has 0 aliphatic rings. The van der Waals surface area contributed by atoms with E-state index in [2.05, 4.69) is 0 Å². The Labute approximate surface area is 394 Å². The van der Waals surface area contributed by atoms with Crippen LogP contribution in [-0.4, -0.2) is 19.6 Å². The summed E-state index contributed by atoms with van der Waals surface area (Å²) >= 11 is 0. The van der Waals surface area contributed by atoms with Gasteiger partial charge in [0.15, 0.2) is 0 Å². The fraction of sp³-hybridized carbons (Fsp3) is 0.276. The molecule has 0 radical (unpaired) electrons. The van der Waals surface area contributed by atoms with Gasteiger partial charge in [0.25, 0.3) is 0 Å². The Hall–Kier alpha value is -6.26. The number of pyridine rings is 1. The summed E-state index contributed by atoms with van der Waals surface area (Å²) in [4.78, 5) is 9.97. The zero-order valence-electron chi connectivity index (χ0n) is 53.4. The second-order valence-electron chi connectivity index (χ2n) is 17.5. The SMILES string of the molecule is [2H]C([2H])([2H])C(c1cc(-c2nc3c(-c4cc(-c5cc(-c6ccccc6)ccn5)cc(C(C)(C)C)c4)cccc3n2-c2ccc(-c3ccccc3)c(CC(C)C)c2)c(O)c(C(C([2H])([2H])[2H])(C([2H])([2H])[2H])C([2H])([2H])[2H])c1)(C([2H])([2H])[2H])C([2H])([2H])[2H]. The molecule has 1 N–H and O–H groups in total. The minimum absolute atomic E-state index is 0.0920. The van der Waals surface area contributed by atoms with Gasteiger partial charge in [-0.05, 0) is 122 Å². The van der Waals surface area contributed by atoms with Crippen LogP contribution in [0.3, 0.4) is 0 Å². The number of phenols is 1. The van der Waals surface area contributed by atoms with E-state index in [1.807, 2.05) is 138 Å². The normalized spacial score (nSPS) is 17.9. The number of aromatic nitrogens is 3. The third-order valence-electron chi connectivity index (χ3n) is 11.2. The first-order chi connectivity index (χ1) is 36.9. The van der Waals surface area contributed by atoms with Crippen LogP contribution in [0.1, 0.15) is 123 Å². The fourth-order valence-corrected chi connectivity index (χ4v) is 8.07. The number of benzene rings is 6. The summed E-state index contributed by atoms with van der Waals surface area (Å²) in [5, 5.41) is 13.0. The van der Waals surface area contributed by atoms with E-state index in [0.717, 1.165) is 45.0 Å². The van der Waals surface area contributed by atoms with Crippen LogP contribution >= 0.6 is 0 Å². The Morgan fingerprint density at radius 3 is 1.94 bits per heavy atom. The van der Waals surface area contributed by atoms with Gasteiger partial charge in [-0.25, -0.2) is 4.98 Å². The average Bonchev–Trinajstić information content (AvgIpc) is 3.58. The van der Waals surface area contributed by atoms with Crippen LogP contribution < -0.4 is 0 Å². The Morgan fingerprint density at radius 2 is 1.26 bits per heavy atom. The van der Waals surface area contributed by atoms with Gasteiger partial charge in [0.1, 0.15) is 11.6 Å². The van der Waals surface area contributed by atoms with Crippen molar-refractivity contribution < 1.29 is 29.8 Å². The number of imidazole rings is 1. The number of fused-ring (bicyclic) bond motifs is 1. The number of nitrogens with zero attached hydrogens (tertiary/aromatic N) is 3. The molecule has 8 aromatic rings. The molecule has 6 aromatic carbocycles. The molecule has 0 atom stereocenters. The van der Waals surface area contributed by atoms with Crippen LogP contribution in [0.4, 0.5) is 0 Å². The number of para-hydroxylation sites is 1. The molecule has 62 heavy (non-hydrogen) atoms. The first-order valence-corrected chi connectivity index (χ1v) is 20.6. The molecule has 0 aliphatic heterocycles. The number of hydrogen-bond donors (Lipinski definition) is 1. The zero-order valence-corrected chi connectivity index (χ0v) is 35.4. The largest absolute Gasteiger partial charge is 0.507 e. The molecule has 0 saturated carbocycles. The van der Waals surface area contributed by atoms with Crippen molar-refractivity contribution in [3.8, 4) is 67.5 Å². The highest BCUT2D eigenvalue weighted by molar-refractivity contribution is 5.97.